The van der Waals surface area contributed by atoms with Crippen molar-refractivity contribution in [3.05, 3.63) is 66.2 Å². The highest BCUT2D eigenvalue weighted by molar-refractivity contribution is 5.94. The van der Waals surface area contributed by atoms with E-state index in [2.05, 4.69) is 10.4 Å². The maximum Gasteiger partial charge on any atom is 0.309 e. The highest BCUT2D eigenvalue weighted by Gasteiger charge is 2.28. The van der Waals surface area contributed by atoms with E-state index in [0.717, 1.165) is 16.9 Å². The summed E-state index contributed by atoms with van der Waals surface area (Å²) in [5.41, 5.74) is 2.96. The second-order valence-corrected chi connectivity index (χ2v) is 8.24. The highest BCUT2D eigenvalue weighted by Crippen LogP contribution is 2.26. The van der Waals surface area contributed by atoms with Crippen molar-refractivity contribution in [1.82, 2.24) is 14.7 Å². The molecule has 176 valence electrons. The van der Waals surface area contributed by atoms with Gasteiger partial charge in [-0.3, -0.25) is 14.4 Å². The minimum atomic E-state index is -0.196. The van der Waals surface area contributed by atoms with E-state index in [1.807, 2.05) is 48.5 Å². The van der Waals surface area contributed by atoms with Crippen LogP contribution >= 0.6 is 0 Å². The lowest BCUT2D eigenvalue weighted by molar-refractivity contribution is -0.149. The summed E-state index contributed by atoms with van der Waals surface area (Å²) in [7, 11) is 0. The zero-order valence-electron chi connectivity index (χ0n) is 19.4. The Balaban J connectivity index is 1.50. The summed E-state index contributed by atoms with van der Waals surface area (Å²) < 4.78 is 6.76. The Morgan fingerprint density at radius 3 is 2.32 bits per heavy atom. The largest absolute Gasteiger partial charge is 0.466 e. The lowest BCUT2D eigenvalue weighted by Gasteiger charge is -2.31. The first-order valence-corrected chi connectivity index (χ1v) is 11.5. The highest BCUT2D eigenvalue weighted by atomic mass is 16.5. The van der Waals surface area contributed by atoms with E-state index in [1.165, 1.54) is 6.92 Å². The van der Waals surface area contributed by atoms with Gasteiger partial charge in [0, 0.05) is 37.2 Å². The van der Waals surface area contributed by atoms with E-state index in [9.17, 15) is 14.4 Å². The number of hydrogen-bond donors (Lipinski definition) is 1. The Morgan fingerprint density at radius 1 is 1.03 bits per heavy atom. The number of carbonyl (C=O) groups excluding carboxylic acids is 3. The fourth-order valence-corrected chi connectivity index (χ4v) is 4.10. The molecule has 1 saturated heterocycles. The molecule has 4 rings (SSSR count). The van der Waals surface area contributed by atoms with Crippen molar-refractivity contribution in [2.75, 3.05) is 25.0 Å². The van der Waals surface area contributed by atoms with Crippen LogP contribution in [0.2, 0.25) is 0 Å². The van der Waals surface area contributed by atoms with Gasteiger partial charge in [-0.25, -0.2) is 4.68 Å². The third kappa shape index (κ3) is 5.17. The number of nitrogens with one attached hydrogen (secondary N) is 1. The standard InChI is InChI=1S/C26H28N4O4/c1-3-34-26(33)21-13-15-29(16-14-21)25(32)20-9-11-22(12-10-20)30-24(27-18(2)31)17-23(28-30)19-7-5-4-6-8-19/h4-12,17,21H,3,13-16H2,1-2H3,(H,27,31). The van der Waals surface area contributed by atoms with Gasteiger partial charge >= 0.3 is 5.97 Å². The molecule has 8 heteroatoms. The minimum absolute atomic E-state index is 0.0682. The number of esters is 1. The second kappa shape index (κ2) is 10.3. The predicted octanol–water partition coefficient (Wildman–Crippen LogP) is 3.91. The molecule has 0 aliphatic carbocycles. The maximum atomic E-state index is 13.0. The molecule has 1 aromatic heterocycles. The molecule has 1 aliphatic rings. The van der Waals surface area contributed by atoms with E-state index >= 15 is 0 Å². The van der Waals surface area contributed by atoms with Crippen LogP contribution < -0.4 is 5.32 Å². The van der Waals surface area contributed by atoms with Crippen LogP contribution in [0.1, 0.15) is 37.0 Å². The van der Waals surface area contributed by atoms with Crippen molar-refractivity contribution in [3.8, 4) is 16.9 Å². The zero-order chi connectivity index (χ0) is 24.1. The number of rotatable bonds is 6. The van der Waals surface area contributed by atoms with Crippen molar-refractivity contribution in [2.24, 2.45) is 5.92 Å². The summed E-state index contributed by atoms with van der Waals surface area (Å²) in [6.45, 7) is 4.67. The van der Waals surface area contributed by atoms with E-state index in [4.69, 9.17) is 4.74 Å². The summed E-state index contributed by atoms with van der Waals surface area (Å²) in [5, 5.41) is 7.49. The van der Waals surface area contributed by atoms with Crippen LogP contribution in [0, 0.1) is 5.92 Å². The smallest absolute Gasteiger partial charge is 0.309 e. The lowest BCUT2D eigenvalue weighted by Crippen LogP contribution is -2.40. The van der Waals surface area contributed by atoms with E-state index in [1.54, 1.807) is 28.6 Å². The third-order valence-corrected chi connectivity index (χ3v) is 5.84. The van der Waals surface area contributed by atoms with Gasteiger partial charge in [0.2, 0.25) is 5.91 Å². The first-order valence-electron chi connectivity index (χ1n) is 11.5. The Kier molecular flexibility index (Phi) is 7.06. The van der Waals surface area contributed by atoms with E-state index in [0.29, 0.717) is 43.9 Å². The monoisotopic (exact) mass is 460 g/mol. The fraction of sp³-hybridized carbons (Fsp3) is 0.308. The van der Waals surface area contributed by atoms with Crippen molar-refractivity contribution < 1.29 is 19.1 Å². The number of nitrogens with zero attached hydrogens (tertiary/aromatic N) is 3. The fourth-order valence-electron chi connectivity index (χ4n) is 4.10. The molecule has 0 unspecified atom stereocenters. The van der Waals surface area contributed by atoms with Crippen LogP contribution in [0.15, 0.2) is 60.7 Å². The van der Waals surface area contributed by atoms with Gasteiger partial charge in [0.15, 0.2) is 0 Å². The van der Waals surface area contributed by atoms with Crippen molar-refractivity contribution >= 4 is 23.6 Å². The summed E-state index contributed by atoms with van der Waals surface area (Å²) >= 11 is 0. The van der Waals surface area contributed by atoms with Crippen LogP contribution in [0.3, 0.4) is 0 Å². The van der Waals surface area contributed by atoms with Gasteiger partial charge in [-0.1, -0.05) is 30.3 Å². The summed E-state index contributed by atoms with van der Waals surface area (Å²) in [4.78, 5) is 38.4. The molecular formula is C26H28N4O4. The van der Waals surface area contributed by atoms with Crippen LogP contribution in [0.5, 0.6) is 0 Å². The second-order valence-electron chi connectivity index (χ2n) is 8.24. The number of benzene rings is 2. The molecule has 0 saturated carbocycles. The summed E-state index contributed by atoms with van der Waals surface area (Å²) in [5.74, 6) is -0.0353. The minimum Gasteiger partial charge on any atom is -0.466 e. The molecule has 2 aromatic carbocycles. The van der Waals surface area contributed by atoms with Gasteiger partial charge in [0.05, 0.1) is 23.9 Å². The molecule has 34 heavy (non-hydrogen) atoms. The summed E-state index contributed by atoms with van der Waals surface area (Å²) in [6.07, 6.45) is 1.22. The number of anilines is 1. The Bertz CT molecular complexity index is 1160. The Hall–Kier alpha value is -3.94. The number of likely N-dealkylation sites (tertiary alicyclic amines) is 1. The van der Waals surface area contributed by atoms with Crippen LogP contribution in [-0.4, -0.2) is 52.2 Å². The van der Waals surface area contributed by atoms with Crippen LogP contribution in [0.4, 0.5) is 5.82 Å². The lowest BCUT2D eigenvalue weighted by atomic mass is 9.96. The molecule has 1 aliphatic heterocycles. The average molecular weight is 461 g/mol. The summed E-state index contributed by atoms with van der Waals surface area (Å²) in [6, 6.07) is 18.7. The first-order chi connectivity index (χ1) is 16.5. The number of amides is 2. The zero-order valence-corrected chi connectivity index (χ0v) is 19.4. The van der Waals surface area contributed by atoms with E-state index < -0.39 is 0 Å². The topological polar surface area (TPSA) is 93.5 Å². The van der Waals surface area contributed by atoms with Gasteiger partial charge in [-0.05, 0) is 44.0 Å². The first kappa shape index (κ1) is 23.2. The molecule has 8 nitrogen and oxygen atoms in total. The predicted molar refractivity (Wildman–Crippen MR) is 129 cm³/mol. The molecular weight excluding hydrogens is 432 g/mol. The van der Waals surface area contributed by atoms with Gasteiger partial charge < -0.3 is 15.0 Å². The van der Waals surface area contributed by atoms with Crippen molar-refractivity contribution in [3.63, 3.8) is 0 Å². The SMILES string of the molecule is CCOC(=O)C1CCN(C(=O)c2ccc(-n3nc(-c4ccccc4)cc3NC(C)=O)cc2)CC1. The maximum absolute atomic E-state index is 13.0. The molecule has 0 spiro atoms. The normalized spacial score (nSPS) is 14.0. The van der Waals surface area contributed by atoms with Crippen molar-refractivity contribution in [2.45, 2.75) is 26.7 Å². The van der Waals surface area contributed by atoms with E-state index in [-0.39, 0.29) is 23.7 Å². The molecule has 2 amide bonds. The quantitative estimate of drug-likeness (QED) is 0.563. The molecule has 1 N–H and O–H groups in total. The van der Waals surface area contributed by atoms with Gasteiger partial charge in [-0.2, -0.15) is 5.10 Å². The molecule has 0 atom stereocenters. The average Bonchev–Trinajstić information content (AvgIpc) is 3.27. The number of ether oxygens (including phenoxy) is 1. The molecule has 2 heterocycles. The number of piperidine rings is 1. The number of hydrogen-bond acceptors (Lipinski definition) is 5. The third-order valence-electron chi connectivity index (χ3n) is 5.84. The molecule has 1 fully saturated rings. The van der Waals surface area contributed by atoms with Gasteiger partial charge in [0.1, 0.15) is 5.82 Å². The number of aromatic nitrogens is 2. The number of carbonyl (C=O) groups is 3. The molecule has 0 bridgehead atoms. The Morgan fingerprint density at radius 2 is 1.71 bits per heavy atom. The van der Waals surface area contributed by atoms with Crippen molar-refractivity contribution in [1.29, 1.82) is 0 Å². The van der Waals surface area contributed by atoms with Crippen LogP contribution in [-0.2, 0) is 14.3 Å². The Labute approximate surface area is 198 Å². The van der Waals surface area contributed by atoms with Gasteiger partial charge in [-0.15, -0.1) is 0 Å². The molecule has 0 radical (unpaired) electrons. The molecule has 3 aromatic rings. The van der Waals surface area contributed by atoms with Gasteiger partial charge in [0.25, 0.3) is 5.91 Å². The van der Waals surface area contributed by atoms with Crippen LogP contribution in [0.25, 0.3) is 16.9 Å².